The fraction of sp³-hybridized carbons (Fsp3) is 0.520. The number of likely N-dealkylation sites (tertiary alicyclic amines) is 1. The standard InChI is InChI=1S/C15H16FNO.C6H13N.C3H9N.CH5N/c1-15(18,13-7-9-14(16)10-8-13)17-11-12-5-3-2-4-6-12;1-7-5-3-2-4-6-7;1-3(2)4;1-2/h2-10,17-18H,11H2,1H3;2-6H2,1H3;3H,4H2,1-2H3;2H2,1H3. The van der Waals surface area contributed by atoms with Gasteiger partial charge in [0.15, 0.2) is 0 Å². The summed E-state index contributed by atoms with van der Waals surface area (Å²) in [6.07, 6.45) is 4.28. The molecule has 6 N–H and O–H groups in total. The fourth-order valence-corrected chi connectivity index (χ4v) is 2.80. The average Bonchev–Trinajstić information content (AvgIpc) is 2.76. The lowest BCUT2D eigenvalue weighted by Crippen LogP contribution is -2.38. The Bertz CT molecular complexity index is 654. The Morgan fingerprint density at radius 1 is 1.00 bits per heavy atom. The predicted molar refractivity (Wildman–Crippen MR) is 130 cm³/mol. The highest BCUT2D eigenvalue weighted by Gasteiger charge is 2.21. The van der Waals surface area contributed by atoms with Crippen molar-refractivity contribution in [1.82, 2.24) is 10.2 Å². The Labute approximate surface area is 188 Å². The SMILES string of the molecule is CC(C)N.CC(O)(NCc1ccccc1)c1ccc(F)cc1.CN.CN1CCCCC1. The van der Waals surface area contributed by atoms with Crippen molar-refractivity contribution in [1.29, 1.82) is 0 Å². The van der Waals surface area contributed by atoms with E-state index in [-0.39, 0.29) is 5.82 Å². The molecule has 176 valence electrons. The van der Waals surface area contributed by atoms with Gasteiger partial charge in [0.05, 0.1) is 0 Å². The zero-order valence-corrected chi connectivity index (χ0v) is 19.9. The van der Waals surface area contributed by atoms with Gasteiger partial charge in [-0.1, -0.05) is 62.7 Å². The van der Waals surface area contributed by atoms with Crippen molar-refractivity contribution in [2.24, 2.45) is 11.5 Å². The van der Waals surface area contributed by atoms with E-state index in [1.807, 2.05) is 44.2 Å². The van der Waals surface area contributed by atoms with Crippen molar-refractivity contribution in [3.05, 3.63) is 71.5 Å². The molecule has 31 heavy (non-hydrogen) atoms. The van der Waals surface area contributed by atoms with Gasteiger partial charge in [0.1, 0.15) is 11.5 Å². The monoisotopic (exact) mass is 434 g/mol. The zero-order valence-electron chi connectivity index (χ0n) is 19.9. The largest absolute Gasteiger partial charge is 0.372 e. The zero-order chi connectivity index (χ0) is 23.7. The molecule has 0 aromatic heterocycles. The van der Waals surface area contributed by atoms with Crippen LogP contribution in [0.2, 0.25) is 0 Å². The van der Waals surface area contributed by atoms with Crippen molar-refractivity contribution >= 4 is 0 Å². The molecule has 1 fully saturated rings. The smallest absolute Gasteiger partial charge is 0.139 e. The maximum absolute atomic E-state index is 12.8. The van der Waals surface area contributed by atoms with E-state index >= 15 is 0 Å². The van der Waals surface area contributed by atoms with Gasteiger partial charge in [-0.25, -0.2) is 4.39 Å². The van der Waals surface area contributed by atoms with Gasteiger partial charge >= 0.3 is 0 Å². The van der Waals surface area contributed by atoms with Gasteiger partial charge in [-0.2, -0.15) is 0 Å². The highest BCUT2D eigenvalue weighted by molar-refractivity contribution is 5.22. The minimum absolute atomic E-state index is 0.308. The summed E-state index contributed by atoms with van der Waals surface area (Å²) >= 11 is 0. The van der Waals surface area contributed by atoms with Gasteiger partial charge in [0.2, 0.25) is 0 Å². The van der Waals surface area contributed by atoms with Crippen LogP contribution in [0.15, 0.2) is 54.6 Å². The summed E-state index contributed by atoms with van der Waals surface area (Å²) in [5, 5.41) is 13.3. The van der Waals surface area contributed by atoms with Gasteiger partial charge in [-0.15, -0.1) is 0 Å². The summed E-state index contributed by atoms with van der Waals surface area (Å²) in [5.74, 6) is -0.308. The van der Waals surface area contributed by atoms with Gasteiger partial charge < -0.3 is 21.5 Å². The summed E-state index contributed by atoms with van der Waals surface area (Å²) in [7, 11) is 3.69. The molecular formula is C25H43FN4O. The number of aliphatic hydroxyl groups is 1. The normalized spacial score (nSPS) is 15.3. The molecule has 0 saturated carbocycles. The Kier molecular flexibility index (Phi) is 15.8. The van der Waals surface area contributed by atoms with Gasteiger partial charge in [0.25, 0.3) is 0 Å². The molecule has 1 atom stereocenters. The van der Waals surface area contributed by atoms with E-state index in [0.29, 0.717) is 18.2 Å². The van der Waals surface area contributed by atoms with Gasteiger partial charge in [-0.3, -0.25) is 5.32 Å². The second-order valence-corrected chi connectivity index (χ2v) is 8.03. The maximum Gasteiger partial charge on any atom is 0.139 e. The van der Waals surface area contributed by atoms with Crippen molar-refractivity contribution in [2.75, 3.05) is 27.2 Å². The minimum atomic E-state index is -1.18. The molecule has 1 unspecified atom stereocenters. The number of nitrogens with two attached hydrogens (primary N) is 2. The van der Waals surface area contributed by atoms with Gasteiger partial charge in [0, 0.05) is 6.54 Å². The average molecular weight is 435 g/mol. The minimum Gasteiger partial charge on any atom is -0.372 e. The molecule has 6 heteroatoms. The lowest BCUT2D eigenvalue weighted by Gasteiger charge is -2.25. The third kappa shape index (κ3) is 14.7. The van der Waals surface area contributed by atoms with E-state index in [2.05, 4.69) is 23.0 Å². The first kappa shape index (κ1) is 29.2. The second-order valence-electron chi connectivity index (χ2n) is 8.03. The molecule has 3 rings (SSSR count). The summed E-state index contributed by atoms with van der Waals surface area (Å²) in [4.78, 5) is 2.39. The van der Waals surface area contributed by atoms with Gasteiger partial charge in [-0.05, 0) is 76.3 Å². The summed E-state index contributed by atoms with van der Waals surface area (Å²) in [6.45, 7) is 8.73. The van der Waals surface area contributed by atoms with E-state index < -0.39 is 5.72 Å². The van der Waals surface area contributed by atoms with Crippen LogP contribution in [0.5, 0.6) is 0 Å². The van der Waals surface area contributed by atoms with Crippen LogP contribution >= 0.6 is 0 Å². The van der Waals surface area contributed by atoms with Crippen LogP contribution in [-0.4, -0.2) is 43.2 Å². The molecule has 1 saturated heterocycles. The summed E-state index contributed by atoms with van der Waals surface area (Å²) < 4.78 is 12.8. The molecule has 0 bridgehead atoms. The van der Waals surface area contributed by atoms with Crippen LogP contribution in [0.3, 0.4) is 0 Å². The number of benzene rings is 2. The first-order valence-electron chi connectivity index (χ1n) is 11.0. The number of hydrogen-bond acceptors (Lipinski definition) is 5. The number of piperidine rings is 1. The molecule has 2 aromatic carbocycles. The van der Waals surface area contributed by atoms with E-state index in [0.717, 1.165) is 5.56 Å². The molecule has 0 amide bonds. The molecule has 0 radical (unpaired) electrons. The molecule has 5 nitrogen and oxygen atoms in total. The van der Waals surface area contributed by atoms with Crippen molar-refractivity contribution in [3.63, 3.8) is 0 Å². The fourth-order valence-electron chi connectivity index (χ4n) is 2.80. The molecule has 1 heterocycles. The van der Waals surface area contributed by atoms with Crippen LogP contribution in [0.1, 0.15) is 51.2 Å². The third-order valence-corrected chi connectivity index (χ3v) is 4.47. The number of halogens is 1. The van der Waals surface area contributed by atoms with Crippen molar-refractivity contribution < 1.29 is 9.50 Å². The lowest BCUT2D eigenvalue weighted by molar-refractivity contribution is 0.0178. The van der Waals surface area contributed by atoms with Crippen LogP contribution in [-0.2, 0) is 12.3 Å². The molecule has 2 aromatic rings. The Hall–Kier alpha value is -1.83. The van der Waals surface area contributed by atoms with Crippen molar-refractivity contribution in [3.8, 4) is 0 Å². The molecule has 0 spiro atoms. The summed E-state index contributed by atoms with van der Waals surface area (Å²) in [6, 6.07) is 16.0. The highest BCUT2D eigenvalue weighted by atomic mass is 19.1. The van der Waals surface area contributed by atoms with Crippen molar-refractivity contribution in [2.45, 2.75) is 58.3 Å². The number of nitrogens with one attached hydrogen (secondary N) is 1. The van der Waals surface area contributed by atoms with Crippen LogP contribution in [0.25, 0.3) is 0 Å². The van der Waals surface area contributed by atoms with E-state index in [9.17, 15) is 9.50 Å². The van der Waals surface area contributed by atoms with E-state index in [1.165, 1.54) is 51.5 Å². The van der Waals surface area contributed by atoms with E-state index in [4.69, 9.17) is 5.73 Å². The quantitative estimate of drug-likeness (QED) is 0.550. The Balaban J connectivity index is 0.000000570. The molecule has 1 aliphatic rings. The lowest BCUT2D eigenvalue weighted by atomic mass is 10.0. The molecule has 0 aliphatic carbocycles. The second kappa shape index (κ2) is 16.8. The molecular weight excluding hydrogens is 391 g/mol. The Morgan fingerprint density at radius 3 is 1.90 bits per heavy atom. The first-order chi connectivity index (χ1) is 14.7. The number of nitrogens with zero attached hydrogens (tertiary/aromatic N) is 1. The number of rotatable bonds is 4. The maximum atomic E-state index is 12.8. The topological polar surface area (TPSA) is 87.5 Å². The number of hydrogen-bond donors (Lipinski definition) is 4. The molecule has 1 aliphatic heterocycles. The predicted octanol–water partition coefficient (Wildman–Crippen LogP) is 3.81. The first-order valence-corrected chi connectivity index (χ1v) is 11.0. The van der Waals surface area contributed by atoms with Crippen LogP contribution in [0, 0.1) is 5.82 Å². The summed E-state index contributed by atoms with van der Waals surface area (Å²) in [5.41, 5.74) is 10.2. The third-order valence-electron chi connectivity index (χ3n) is 4.47. The highest BCUT2D eigenvalue weighted by Crippen LogP contribution is 2.18. The van der Waals surface area contributed by atoms with Crippen LogP contribution < -0.4 is 16.8 Å². The Morgan fingerprint density at radius 2 is 1.48 bits per heavy atom. The van der Waals surface area contributed by atoms with Crippen LogP contribution in [0.4, 0.5) is 4.39 Å². The van der Waals surface area contributed by atoms with E-state index in [1.54, 1.807) is 19.1 Å².